The Kier molecular flexibility index (Phi) is 5.79. The van der Waals surface area contributed by atoms with E-state index in [1.165, 1.54) is 0 Å². The maximum absolute atomic E-state index is 12.8. The number of fused-ring (bicyclic) bond motifs is 1. The third-order valence-electron chi connectivity index (χ3n) is 6.07. The molecule has 0 aliphatic carbocycles. The molecule has 2 aliphatic rings. The molecule has 1 saturated heterocycles. The number of nitrogens with zero attached hydrogens (tertiary/aromatic N) is 3. The van der Waals surface area contributed by atoms with Gasteiger partial charge in [0.2, 0.25) is 5.95 Å². The van der Waals surface area contributed by atoms with E-state index in [2.05, 4.69) is 25.6 Å². The number of pyridine rings is 1. The summed E-state index contributed by atoms with van der Waals surface area (Å²) in [7, 11) is 0. The van der Waals surface area contributed by atoms with E-state index >= 15 is 0 Å². The maximum atomic E-state index is 12.8. The predicted octanol–water partition coefficient (Wildman–Crippen LogP) is 2.97. The molecule has 0 radical (unpaired) electrons. The summed E-state index contributed by atoms with van der Waals surface area (Å²) in [5.41, 5.74) is 9.64. The number of rotatable bonds is 6. The van der Waals surface area contributed by atoms with Crippen LogP contribution in [-0.4, -0.2) is 45.7 Å². The van der Waals surface area contributed by atoms with Crippen molar-refractivity contribution >= 4 is 17.7 Å². The van der Waals surface area contributed by atoms with Crippen LogP contribution < -0.4 is 21.1 Å². The Morgan fingerprint density at radius 2 is 2.15 bits per heavy atom. The van der Waals surface area contributed by atoms with Gasteiger partial charge in [-0.05, 0) is 44.0 Å². The molecule has 2 aliphatic heterocycles. The van der Waals surface area contributed by atoms with E-state index in [-0.39, 0.29) is 23.5 Å². The smallest absolute Gasteiger partial charge is 0.251 e. The number of amides is 1. The van der Waals surface area contributed by atoms with Crippen LogP contribution in [0.5, 0.6) is 5.75 Å². The van der Waals surface area contributed by atoms with Crippen molar-refractivity contribution in [2.45, 2.75) is 44.9 Å². The standard InChI is InChI=1S/C25H28N6O3/c1-25(2)11-17(14-34-25)30-23(32)16-5-3-4-15(10-16)12-28-22-18-7-9-33-21(18)19(13-29-22)20-6-8-27-24(26)31-20/h3-6,8,10,13,17H,7,9,11-12,14H2,1-2H3,(H,28,29)(H,30,32)(H2,26,27,31). The van der Waals surface area contributed by atoms with Crippen molar-refractivity contribution in [1.82, 2.24) is 20.3 Å². The van der Waals surface area contributed by atoms with E-state index in [9.17, 15) is 4.79 Å². The predicted molar refractivity (Wildman–Crippen MR) is 129 cm³/mol. The number of aromatic nitrogens is 3. The zero-order chi connectivity index (χ0) is 23.7. The van der Waals surface area contributed by atoms with Crippen LogP contribution in [0.3, 0.4) is 0 Å². The Bertz CT molecular complexity index is 1230. The van der Waals surface area contributed by atoms with Gasteiger partial charge in [0.15, 0.2) is 0 Å². The molecule has 0 spiro atoms. The van der Waals surface area contributed by atoms with E-state index in [0.29, 0.717) is 31.0 Å². The first-order chi connectivity index (χ1) is 16.4. The first-order valence-corrected chi connectivity index (χ1v) is 11.4. The number of nitrogens with two attached hydrogens (primary N) is 1. The average Bonchev–Trinajstić information content (AvgIpc) is 3.44. The lowest BCUT2D eigenvalue weighted by atomic mass is 10.0. The fourth-order valence-electron chi connectivity index (χ4n) is 4.45. The average molecular weight is 461 g/mol. The van der Waals surface area contributed by atoms with Crippen LogP contribution in [0.2, 0.25) is 0 Å². The second-order valence-corrected chi connectivity index (χ2v) is 9.23. The van der Waals surface area contributed by atoms with Crippen LogP contribution >= 0.6 is 0 Å². The van der Waals surface area contributed by atoms with Crippen LogP contribution in [0.25, 0.3) is 11.3 Å². The molecular weight excluding hydrogens is 432 g/mol. The Balaban J connectivity index is 1.28. The van der Waals surface area contributed by atoms with Crippen LogP contribution in [0, 0.1) is 0 Å². The first kappa shape index (κ1) is 22.1. The second kappa shape index (κ2) is 8.90. The molecule has 2 aromatic heterocycles. The van der Waals surface area contributed by atoms with Crippen molar-refractivity contribution in [3.8, 4) is 17.0 Å². The van der Waals surface area contributed by atoms with Crippen molar-refractivity contribution in [3.05, 3.63) is 59.4 Å². The summed E-state index contributed by atoms with van der Waals surface area (Å²) >= 11 is 0. The summed E-state index contributed by atoms with van der Waals surface area (Å²) in [5.74, 6) is 1.65. The number of anilines is 2. The van der Waals surface area contributed by atoms with Gasteiger partial charge in [-0.25, -0.2) is 15.0 Å². The highest BCUT2D eigenvalue weighted by molar-refractivity contribution is 5.94. The molecule has 9 heteroatoms. The normalized spacial score (nSPS) is 18.2. The van der Waals surface area contributed by atoms with Crippen LogP contribution in [0.4, 0.5) is 11.8 Å². The fraction of sp³-hybridized carbons (Fsp3) is 0.360. The Morgan fingerprint density at radius 1 is 1.26 bits per heavy atom. The van der Waals surface area contributed by atoms with Crippen molar-refractivity contribution in [1.29, 1.82) is 0 Å². The van der Waals surface area contributed by atoms with E-state index in [1.807, 2.05) is 38.1 Å². The number of nitrogen functional groups attached to an aromatic ring is 1. The number of nitrogens with one attached hydrogen (secondary N) is 2. The summed E-state index contributed by atoms with van der Waals surface area (Å²) in [6.45, 7) is 5.73. The zero-order valence-electron chi connectivity index (χ0n) is 19.3. The third kappa shape index (κ3) is 4.65. The molecule has 34 heavy (non-hydrogen) atoms. The number of carbonyl (C=O) groups excluding carboxylic acids is 1. The van der Waals surface area contributed by atoms with Crippen molar-refractivity contribution in [2.75, 3.05) is 24.3 Å². The largest absolute Gasteiger partial charge is 0.492 e. The maximum Gasteiger partial charge on any atom is 0.251 e. The fourth-order valence-corrected chi connectivity index (χ4v) is 4.45. The molecule has 1 amide bonds. The van der Waals surface area contributed by atoms with Gasteiger partial charge < -0.3 is 25.8 Å². The van der Waals surface area contributed by atoms with Crippen LogP contribution in [-0.2, 0) is 17.7 Å². The zero-order valence-corrected chi connectivity index (χ0v) is 19.3. The number of hydrogen-bond donors (Lipinski definition) is 3. The summed E-state index contributed by atoms with van der Waals surface area (Å²) in [6, 6.07) is 9.42. The molecule has 4 N–H and O–H groups in total. The SMILES string of the molecule is CC1(C)CC(NC(=O)c2cccc(CNc3ncc(-c4ccnc(N)n4)c4c3CCO4)c2)CO1. The van der Waals surface area contributed by atoms with Gasteiger partial charge in [0.25, 0.3) is 5.91 Å². The summed E-state index contributed by atoms with van der Waals surface area (Å²) < 4.78 is 11.6. The summed E-state index contributed by atoms with van der Waals surface area (Å²) in [5, 5.41) is 6.48. The van der Waals surface area contributed by atoms with Gasteiger partial charge >= 0.3 is 0 Å². The van der Waals surface area contributed by atoms with Gasteiger partial charge in [-0.2, -0.15) is 0 Å². The van der Waals surface area contributed by atoms with E-state index < -0.39 is 0 Å². The number of benzene rings is 1. The number of hydrogen-bond acceptors (Lipinski definition) is 8. The Labute approximate surface area is 198 Å². The van der Waals surface area contributed by atoms with Crippen molar-refractivity contribution in [3.63, 3.8) is 0 Å². The van der Waals surface area contributed by atoms with Gasteiger partial charge in [-0.1, -0.05) is 12.1 Å². The second-order valence-electron chi connectivity index (χ2n) is 9.23. The van der Waals surface area contributed by atoms with E-state index in [0.717, 1.165) is 41.1 Å². The highest BCUT2D eigenvalue weighted by atomic mass is 16.5. The topological polar surface area (TPSA) is 124 Å². The summed E-state index contributed by atoms with van der Waals surface area (Å²) in [6.07, 6.45) is 4.91. The van der Waals surface area contributed by atoms with Crippen LogP contribution in [0.15, 0.2) is 42.7 Å². The third-order valence-corrected chi connectivity index (χ3v) is 6.07. The number of carbonyl (C=O) groups is 1. The van der Waals surface area contributed by atoms with Crippen LogP contribution in [0.1, 0.15) is 41.8 Å². The van der Waals surface area contributed by atoms with E-state index in [4.69, 9.17) is 15.2 Å². The summed E-state index contributed by atoms with van der Waals surface area (Å²) in [4.78, 5) is 25.6. The van der Waals surface area contributed by atoms with Gasteiger partial charge in [0, 0.05) is 36.5 Å². The van der Waals surface area contributed by atoms with Gasteiger partial charge in [-0.3, -0.25) is 4.79 Å². The molecule has 176 valence electrons. The molecule has 1 aromatic carbocycles. The minimum absolute atomic E-state index is 0.0276. The van der Waals surface area contributed by atoms with Crippen molar-refractivity contribution < 1.29 is 14.3 Å². The molecule has 0 bridgehead atoms. The first-order valence-electron chi connectivity index (χ1n) is 11.4. The molecule has 3 aromatic rings. The molecule has 4 heterocycles. The lowest BCUT2D eigenvalue weighted by Gasteiger charge is -2.16. The quantitative estimate of drug-likeness (QED) is 0.513. The molecule has 1 atom stereocenters. The highest BCUT2D eigenvalue weighted by Gasteiger charge is 2.32. The lowest BCUT2D eigenvalue weighted by molar-refractivity contribution is 0.0355. The van der Waals surface area contributed by atoms with E-state index in [1.54, 1.807) is 18.5 Å². The number of ether oxygens (including phenoxy) is 2. The van der Waals surface area contributed by atoms with Gasteiger partial charge in [0.1, 0.15) is 11.6 Å². The van der Waals surface area contributed by atoms with Crippen molar-refractivity contribution in [2.24, 2.45) is 0 Å². The monoisotopic (exact) mass is 460 g/mol. The molecular formula is C25H28N6O3. The molecule has 1 fully saturated rings. The van der Waals surface area contributed by atoms with Gasteiger partial charge in [0.05, 0.1) is 36.1 Å². The molecule has 0 saturated carbocycles. The highest BCUT2D eigenvalue weighted by Crippen LogP contribution is 2.39. The molecule has 9 nitrogen and oxygen atoms in total. The Hall–Kier alpha value is -3.72. The minimum atomic E-state index is -0.198. The van der Waals surface area contributed by atoms with Gasteiger partial charge in [-0.15, -0.1) is 0 Å². The molecule has 1 unspecified atom stereocenters. The Morgan fingerprint density at radius 3 is 2.94 bits per heavy atom. The minimum Gasteiger partial charge on any atom is -0.492 e. The molecule has 5 rings (SSSR count). The lowest BCUT2D eigenvalue weighted by Crippen LogP contribution is -2.35.